The summed E-state index contributed by atoms with van der Waals surface area (Å²) >= 11 is 1.62. The molecule has 12 heavy (non-hydrogen) atoms. The molecule has 1 rings (SSSR count). The third-order valence-electron chi connectivity index (χ3n) is 1.71. The molecular weight excluding hydrogens is 170 g/mol. The molecule has 0 saturated carbocycles. The number of rotatable bonds is 3. The van der Waals surface area contributed by atoms with E-state index in [4.69, 9.17) is 11.5 Å². The lowest BCUT2D eigenvalue weighted by Gasteiger charge is -2.01. The van der Waals surface area contributed by atoms with Gasteiger partial charge in [-0.2, -0.15) is 0 Å². The van der Waals surface area contributed by atoms with Gasteiger partial charge in [0, 0.05) is 4.88 Å². The van der Waals surface area contributed by atoms with Crippen LogP contribution < -0.4 is 11.5 Å². The van der Waals surface area contributed by atoms with Gasteiger partial charge < -0.3 is 11.5 Å². The van der Waals surface area contributed by atoms with Crippen LogP contribution >= 0.6 is 11.3 Å². The fourth-order valence-corrected chi connectivity index (χ4v) is 1.83. The molecule has 1 heterocycles. The van der Waals surface area contributed by atoms with Crippen molar-refractivity contribution in [3.8, 4) is 0 Å². The lowest BCUT2D eigenvalue weighted by Crippen LogP contribution is -2.19. The molecule has 1 atom stereocenters. The van der Waals surface area contributed by atoms with E-state index in [0.29, 0.717) is 0 Å². The highest BCUT2D eigenvalue weighted by atomic mass is 32.1. The van der Waals surface area contributed by atoms with Crippen molar-refractivity contribution in [3.05, 3.63) is 21.9 Å². The van der Waals surface area contributed by atoms with E-state index in [2.05, 4.69) is 11.7 Å². The van der Waals surface area contributed by atoms with Crippen LogP contribution in [0.15, 0.2) is 16.4 Å². The molecule has 0 saturated heterocycles. The van der Waals surface area contributed by atoms with Gasteiger partial charge in [-0.05, 0) is 30.7 Å². The van der Waals surface area contributed by atoms with Crippen LogP contribution in [0.25, 0.3) is 0 Å². The zero-order chi connectivity index (χ0) is 9.14. The molecule has 0 aromatic carbocycles. The smallest absolute Gasteiger partial charge is 0.0805 e. The standard InChI is InChI=1S/C8H13N3S/c1-5(11-2)7-3-6(4-12-7)8(9)10/h3-5,8H,2,9-10H2,1H3/t5-/m1/s1. The van der Waals surface area contributed by atoms with E-state index in [0.717, 1.165) is 10.4 Å². The van der Waals surface area contributed by atoms with Crippen molar-refractivity contribution >= 4 is 18.1 Å². The van der Waals surface area contributed by atoms with Crippen LogP contribution in [0.3, 0.4) is 0 Å². The first-order chi connectivity index (χ1) is 5.65. The van der Waals surface area contributed by atoms with Gasteiger partial charge in [-0.3, -0.25) is 4.99 Å². The Kier molecular flexibility index (Phi) is 2.97. The van der Waals surface area contributed by atoms with Crippen LogP contribution in [0.2, 0.25) is 0 Å². The Hall–Kier alpha value is -0.710. The molecule has 0 fully saturated rings. The second-order valence-corrected chi connectivity index (χ2v) is 3.61. The first kappa shape index (κ1) is 9.38. The zero-order valence-corrected chi connectivity index (χ0v) is 7.84. The summed E-state index contributed by atoms with van der Waals surface area (Å²) in [5.41, 5.74) is 12.0. The van der Waals surface area contributed by atoms with Crippen LogP contribution in [0.4, 0.5) is 0 Å². The number of nitrogens with two attached hydrogens (primary N) is 2. The van der Waals surface area contributed by atoms with Crippen molar-refractivity contribution in [1.82, 2.24) is 0 Å². The molecule has 0 spiro atoms. The molecule has 0 radical (unpaired) electrons. The van der Waals surface area contributed by atoms with E-state index in [-0.39, 0.29) is 12.2 Å². The van der Waals surface area contributed by atoms with E-state index in [1.165, 1.54) is 0 Å². The van der Waals surface area contributed by atoms with Crippen molar-refractivity contribution in [3.63, 3.8) is 0 Å². The van der Waals surface area contributed by atoms with Gasteiger partial charge >= 0.3 is 0 Å². The van der Waals surface area contributed by atoms with Crippen LogP contribution in [0, 0.1) is 0 Å². The number of nitrogens with zero attached hydrogens (tertiary/aromatic N) is 1. The van der Waals surface area contributed by atoms with Crippen LogP contribution in [0.1, 0.15) is 29.6 Å². The monoisotopic (exact) mass is 183 g/mol. The predicted molar refractivity (Wildman–Crippen MR) is 53.4 cm³/mol. The fourth-order valence-electron chi connectivity index (χ4n) is 0.852. The molecule has 3 nitrogen and oxygen atoms in total. The quantitative estimate of drug-likeness (QED) is 0.550. The summed E-state index contributed by atoms with van der Waals surface area (Å²) in [7, 11) is 0. The summed E-state index contributed by atoms with van der Waals surface area (Å²) < 4.78 is 0. The molecule has 4 N–H and O–H groups in total. The molecule has 4 heteroatoms. The predicted octanol–water partition coefficient (Wildman–Crippen LogP) is 1.43. The lowest BCUT2D eigenvalue weighted by molar-refractivity contribution is 0.772. The highest BCUT2D eigenvalue weighted by molar-refractivity contribution is 7.10. The highest BCUT2D eigenvalue weighted by Crippen LogP contribution is 2.25. The van der Waals surface area contributed by atoms with Crippen LogP contribution in [-0.2, 0) is 0 Å². The average molecular weight is 183 g/mol. The van der Waals surface area contributed by atoms with Crippen molar-refractivity contribution < 1.29 is 0 Å². The van der Waals surface area contributed by atoms with E-state index >= 15 is 0 Å². The van der Waals surface area contributed by atoms with Gasteiger partial charge in [-0.1, -0.05) is 0 Å². The van der Waals surface area contributed by atoms with Gasteiger partial charge in [-0.25, -0.2) is 0 Å². The molecule has 0 aliphatic heterocycles. The average Bonchev–Trinajstić information content (AvgIpc) is 2.51. The van der Waals surface area contributed by atoms with Crippen LogP contribution in [0.5, 0.6) is 0 Å². The molecule has 0 aliphatic carbocycles. The molecule has 66 valence electrons. The minimum Gasteiger partial charge on any atom is -0.312 e. The molecule has 0 bridgehead atoms. The molecule has 0 unspecified atom stereocenters. The Balaban J connectivity index is 2.83. The Morgan fingerprint density at radius 1 is 1.58 bits per heavy atom. The molecule has 1 aromatic rings. The second-order valence-electron chi connectivity index (χ2n) is 2.67. The SMILES string of the molecule is C=N[C@H](C)c1cc(C(N)N)cs1. The first-order valence-corrected chi connectivity index (χ1v) is 4.58. The van der Waals surface area contributed by atoms with E-state index in [1.807, 2.05) is 18.4 Å². The van der Waals surface area contributed by atoms with E-state index in [1.54, 1.807) is 11.3 Å². The first-order valence-electron chi connectivity index (χ1n) is 3.70. The Labute approximate surface area is 76.1 Å². The van der Waals surface area contributed by atoms with Crippen molar-refractivity contribution in [2.45, 2.75) is 19.1 Å². The summed E-state index contributed by atoms with van der Waals surface area (Å²) in [5, 5.41) is 1.96. The largest absolute Gasteiger partial charge is 0.312 e. The zero-order valence-electron chi connectivity index (χ0n) is 7.03. The summed E-state index contributed by atoms with van der Waals surface area (Å²) in [6.45, 7) is 5.48. The van der Waals surface area contributed by atoms with E-state index in [9.17, 15) is 0 Å². The van der Waals surface area contributed by atoms with Gasteiger partial charge in [0.15, 0.2) is 0 Å². The Bertz CT molecular complexity index is 267. The maximum atomic E-state index is 5.51. The molecule has 0 amide bonds. The maximum Gasteiger partial charge on any atom is 0.0805 e. The lowest BCUT2D eigenvalue weighted by atomic mass is 10.2. The van der Waals surface area contributed by atoms with Crippen molar-refractivity contribution in [1.29, 1.82) is 0 Å². The van der Waals surface area contributed by atoms with Crippen LogP contribution in [-0.4, -0.2) is 6.72 Å². The minimum absolute atomic E-state index is 0.141. The molecular formula is C8H13N3S. The molecule has 1 aromatic heterocycles. The third kappa shape index (κ3) is 1.91. The second kappa shape index (κ2) is 3.80. The number of thiophene rings is 1. The Morgan fingerprint density at radius 2 is 2.25 bits per heavy atom. The normalized spacial score (nSPS) is 13.3. The van der Waals surface area contributed by atoms with Gasteiger partial charge in [0.2, 0.25) is 0 Å². The Morgan fingerprint density at radius 3 is 2.67 bits per heavy atom. The number of aliphatic imine (C=N–C) groups is 1. The van der Waals surface area contributed by atoms with Crippen molar-refractivity contribution in [2.75, 3.05) is 0 Å². The minimum atomic E-state index is -0.382. The molecule has 0 aliphatic rings. The van der Waals surface area contributed by atoms with Gasteiger partial charge in [0.05, 0.1) is 12.2 Å². The summed E-state index contributed by atoms with van der Waals surface area (Å²) in [6, 6.07) is 2.12. The van der Waals surface area contributed by atoms with Gasteiger partial charge in [0.1, 0.15) is 0 Å². The topological polar surface area (TPSA) is 64.4 Å². The van der Waals surface area contributed by atoms with Gasteiger partial charge in [-0.15, -0.1) is 11.3 Å². The third-order valence-corrected chi connectivity index (χ3v) is 2.83. The fraction of sp³-hybridized carbons (Fsp3) is 0.375. The summed E-state index contributed by atoms with van der Waals surface area (Å²) in [4.78, 5) is 5.06. The van der Waals surface area contributed by atoms with E-state index < -0.39 is 0 Å². The summed E-state index contributed by atoms with van der Waals surface area (Å²) in [6.07, 6.45) is -0.382. The summed E-state index contributed by atoms with van der Waals surface area (Å²) in [5.74, 6) is 0. The maximum absolute atomic E-state index is 5.51. The number of hydrogen-bond donors (Lipinski definition) is 2. The van der Waals surface area contributed by atoms with Crippen molar-refractivity contribution in [2.24, 2.45) is 16.5 Å². The highest BCUT2D eigenvalue weighted by Gasteiger charge is 2.07. The number of hydrogen-bond acceptors (Lipinski definition) is 4. The van der Waals surface area contributed by atoms with Gasteiger partial charge in [0.25, 0.3) is 0 Å².